The van der Waals surface area contributed by atoms with Crippen molar-refractivity contribution in [1.29, 1.82) is 0 Å². The quantitative estimate of drug-likeness (QED) is 0.215. The van der Waals surface area contributed by atoms with Crippen molar-refractivity contribution in [3.8, 4) is 17.2 Å². The number of aliphatic hydroxyl groups is 2. The minimum atomic E-state index is -1.94. The van der Waals surface area contributed by atoms with Crippen LogP contribution in [-0.4, -0.2) is 106 Å². The number of carbonyl (C=O) groups is 3. The predicted molar refractivity (Wildman–Crippen MR) is 223 cm³/mol. The average Bonchev–Trinajstić information content (AvgIpc) is 3.74. The Morgan fingerprint density at radius 3 is 2.26 bits per heavy atom. The van der Waals surface area contributed by atoms with Crippen molar-refractivity contribution in [2.75, 3.05) is 32.1 Å². The molecule has 1 amide bonds. The van der Waals surface area contributed by atoms with Crippen molar-refractivity contribution < 1.29 is 53.8 Å². The number of Topliss-reactive ketones (excluding diaryl/α,β-unsaturated/α-hetero) is 1. The van der Waals surface area contributed by atoms with Crippen LogP contribution in [0.5, 0.6) is 17.2 Å². The number of phenols is 2. The molecule has 9 rings (SSSR count). The van der Waals surface area contributed by atoms with Gasteiger partial charge in [0, 0.05) is 92.6 Å². The molecule has 2 aromatic carbocycles. The smallest absolute Gasteiger partial charge is 0.312 e. The molecule has 4 unspecified atom stereocenters. The lowest BCUT2D eigenvalue weighted by molar-refractivity contribution is -0.160. The van der Waals surface area contributed by atoms with E-state index in [-0.39, 0.29) is 61.5 Å². The maximum atomic E-state index is 14.8. The highest BCUT2D eigenvalue weighted by molar-refractivity contribution is 6.21. The third kappa shape index (κ3) is 6.83. The number of ether oxygens (including phenoxy) is 4. The van der Waals surface area contributed by atoms with Gasteiger partial charge in [0.15, 0.2) is 5.75 Å². The van der Waals surface area contributed by atoms with E-state index in [1.54, 1.807) is 65.8 Å². The molecule has 8 bridgehead atoms. The van der Waals surface area contributed by atoms with Gasteiger partial charge in [-0.2, -0.15) is 0 Å². The van der Waals surface area contributed by atoms with Gasteiger partial charge in [0.1, 0.15) is 34.0 Å². The summed E-state index contributed by atoms with van der Waals surface area (Å²) in [5, 5.41) is 51.1. The van der Waals surface area contributed by atoms with Crippen molar-refractivity contribution in [3.05, 3.63) is 58.0 Å². The summed E-state index contributed by atoms with van der Waals surface area (Å²) in [6.07, 6.45) is 5.87. The topological polar surface area (TPSA) is 209 Å². The Labute approximate surface area is 354 Å². The molecule has 1 saturated carbocycles. The number of nitrogens with zero attached hydrogens (tertiary/aromatic N) is 3. The van der Waals surface area contributed by atoms with Gasteiger partial charge in [0.25, 0.3) is 11.7 Å². The van der Waals surface area contributed by atoms with Crippen LogP contribution >= 0.6 is 0 Å². The number of rotatable bonds is 2. The standard InChI is InChI=1S/C46H58N4O11/c1-20-11-10-12-21(2)44(57)47-36-35-34(48-46(49-35)28-15-27-16-29(46)19-50(17-27)18-28)31-32(40(36)55)39(54)25(6)42-33(31)43(56)45(8,61-42)59-14-13-30(58-9)22(3)41(60-26(7)51)24(5)38(53)23(4)37(20)52/h10-14,20,22-24,27-30,37-38,41,48,52-55H,15-19H2,1-9H3/b11-10+,14-13+,21-12-,47-36?/t20-,22+,23+,24+,27?,28-,29?,30-,37-,38+,41+,45-,46?/m0/s1. The number of aromatic hydroxyl groups is 2. The van der Waals surface area contributed by atoms with Gasteiger partial charge in [-0.25, -0.2) is 4.99 Å². The van der Waals surface area contributed by atoms with E-state index in [9.17, 15) is 34.8 Å². The van der Waals surface area contributed by atoms with E-state index in [2.05, 4.69) is 15.2 Å². The third-order valence-electron chi connectivity index (χ3n) is 14.5. The zero-order valence-electron chi connectivity index (χ0n) is 36.3. The molecule has 7 aliphatic rings. The highest BCUT2D eigenvalue weighted by atomic mass is 16.7. The van der Waals surface area contributed by atoms with Crippen molar-refractivity contribution in [2.45, 2.75) is 104 Å². The number of phenolic OH excluding ortho intramolecular Hbond substituents is 2. The predicted octanol–water partition coefficient (Wildman–Crippen LogP) is 3.97. The Kier molecular flexibility index (Phi) is 10.9. The number of methoxy groups -OCH3 is 1. The minimum Gasteiger partial charge on any atom is -0.507 e. The van der Waals surface area contributed by atoms with Crippen LogP contribution in [0.3, 0.4) is 0 Å². The Balaban J connectivity index is 1.32. The highest BCUT2D eigenvalue weighted by Gasteiger charge is 2.59. The van der Waals surface area contributed by atoms with Gasteiger partial charge in [-0.1, -0.05) is 45.9 Å². The highest BCUT2D eigenvalue weighted by Crippen LogP contribution is 2.55. The van der Waals surface area contributed by atoms with Crippen LogP contribution in [0.2, 0.25) is 0 Å². The number of aliphatic hydroxyl groups excluding tert-OH is 2. The van der Waals surface area contributed by atoms with Crippen LogP contribution in [0.4, 0.5) is 5.69 Å². The van der Waals surface area contributed by atoms with E-state index < -0.39 is 82.9 Å². The molecule has 328 valence electrons. The van der Waals surface area contributed by atoms with E-state index in [0.29, 0.717) is 11.6 Å². The number of hydrogen-bond acceptors (Lipinski definition) is 14. The normalized spacial score (nSPS) is 40.1. The SMILES string of the molecule is CO[C@H]1/C=C/O[C@@]2(C)Oc3c(C)c(O)c4c(O)c(c5c(c4c3C2=O)NC2(N=5)C3CC4C[C@H]2CN(C4)C3)=NC(=O)/C(C)=C\C=C\[C@H](C)[C@H](O)[C@@H](C)[C@@H](O)[C@@H](C)[C@H](OC(C)=O)[C@@H]1C. The molecule has 61 heavy (non-hydrogen) atoms. The monoisotopic (exact) mass is 842 g/mol. The summed E-state index contributed by atoms with van der Waals surface area (Å²) >= 11 is 0. The molecular weight excluding hydrogens is 785 g/mol. The van der Waals surface area contributed by atoms with E-state index >= 15 is 0 Å². The van der Waals surface area contributed by atoms with Crippen molar-refractivity contribution in [2.24, 2.45) is 51.4 Å². The summed E-state index contributed by atoms with van der Waals surface area (Å²) in [5.74, 6) is -6.17. The van der Waals surface area contributed by atoms with Gasteiger partial charge >= 0.3 is 11.8 Å². The molecule has 14 atom stereocenters. The summed E-state index contributed by atoms with van der Waals surface area (Å²) in [5.41, 5.74) is 0.0427. The average molecular weight is 843 g/mol. The largest absolute Gasteiger partial charge is 0.507 e. The minimum absolute atomic E-state index is 0.0698. The van der Waals surface area contributed by atoms with Crippen LogP contribution in [0.25, 0.3) is 10.8 Å². The van der Waals surface area contributed by atoms with Crippen molar-refractivity contribution in [1.82, 2.24) is 4.90 Å². The number of ketones is 1. The molecule has 1 spiro atoms. The molecular formula is C46H58N4O11. The number of nitrogens with one attached hydrogen (secondary N) is 1. The van der Waals surface area contributed by atoms with Gasteiger partial charge in [-0.3, -0.25) is 19.4 Å². The van der Waals surface area contributed by atoms with Gasteiger partial charge < -0.3 is 49.6 Å². The van der Waals surface area contributed by atoms with Crippen LogP contribution in [0.15, 0.2) is 46.1 Å². The first-order valence-electron chi connectivity index (χ1n) is 21.4. The zero-order chi connectivity index (χ0) is 44.0. The molecule has 6 heterocycles. The summed E-state index contributed by atoms with van der Waals surface area (Å²) in [6.45, 7) is 15.6. The fraction of sp³-hybridized carbons (Fsp3) is 0.587. The molecule has 0 aromatic heterocycles. The summed E-state index contributed by atoms with van der Waals surface area (Å²) < 4.78 is 24.1. The Bertz CT molecular complexity index is 2380. The lowest BCUT2D eigenvalue weighted by Gasteiger charge is -2.59. The third-order valence-corrected chi connectivity index (χ3v) is 14.5. The van der Waals surface area contributed by atoms with Gasteiger partial charge in [0.2, 0.25) is 0 Å². The maximum absolute atomic E-state index is 14.8. The van der Waals surface area contributed by atoms with Gasteiger partial charge in [0.05, 0.1) is 41.2 Å². The fourth-order valence-electron chi connectivity index (χ4n) is 11.1. The van der Waals surface area contributed by atoms with Crippen molar-refractivity contribution in [3.63, 3.8) is 0 Å². The second kappa shape index (κ2) is 15.5. The number of piperidine rings is 3. The second-order valence-electron chi connectivity index (χ2n) is 18.5. The number of benzene rings is 2. The Morgan fingerprint density at radius 1 is 0.934 bits per heavy atom. The molecule has 15 nitrogen and oxygen atoms in total. The first-order valence-corrected chi connectivity index (χ1v) is 21.4. The zero-order valence-corrected chi connectivity index (χ0v) is 36.3. The van der Waals surface area contributed by atoms with Gasteiger partial charge in [-0.15, -0.1) is 0 Å². The lowest BCUT2D eigenvalue weighted by Crippen LogP contribution is -2.67. The maximum Gasteiger partial charge on any atom is 0.312 e. The van der Waals surface area contributed by atoms with E-state index in [1.165, 1.54) is 27.2 Å². The van der Waals surface area contributed by atoms with E-state index in [0.717, 1.165) is 32.5 Å². The number of hydrogen-bond donors (Lipinski definition) is 5. The van der Waals surface area contributed by atoms with E-state index in [1.807, 2.05) is 0 Å². The summed E-state index contributed by atoms with van der Waals surface area (Å²) in [7, 11) is 1.47. The molecule has 1 aliphatic carbocycles. The van der Waals surface area contributed by atoms with Crippen LogP contribution in [-0.2, 0) is 23.8 Å². The van der Waals surface area contributed by atoms with E-state index in [4.69, 9.17) is 23.9 Å². The Morgan fingerprint density at radius 2 is 1.62 bits per heavy atom. The lowest BCUT2D eigenvalue weighted by atomic mass is 9.61. The number of carbonyl (C=O) groups excluding carboxylic acids is 3. The molecule has 2 aromatic rings. The number of esters is 1. The first kappa shape index (κ1) is 42.8. The number of anilines is 1. The second-order valence-corrected chi connectivity index (χ2v) is 18.5. The Hall–Kier alpha value is -4.83. The first-order chi connectivity index (χ1) is 28.8. The number of fused-ring (bicyclic) bond motifs is 1. The molecule has 4 fully saturated rings. The number of allylic oxidation sites excluding steroid dienone is 2. The molecule has 5 N–H and O–H groups in total. The summed E-state index contributed by atoms with van der Waals surface area (Å²) in [4.78, 5) is 53.5. The number of amides is 1. The fourth-order valence-corrected chi connectivity index (χ4v) is 11.1. The molecule has 6 aliphatic heterocycles. The molecule has 0 radical (unpaired) electrons. The van der Waals surface area contributed by atoms with Crippen molar-refractivity contribution >= 4 is 34.1 Å². The van der Waals surface area contributed by atoms with Crippen LogP contribution in [0.1, 0.15) is 77.2 Å². The summed E-state index contributed by atoms with van der Waals surface area (Å²) in [6, 6.07) is 0. The van der Waals surface area contributed by atoms with Crippen LogP contribution < -0.4 is 20.8 Å². The molecule has 15 heteroatoms. The van der Waals surface area contributed by atoms with Crippen LogP contribution in [0, 0.1) is 48.3 Å². The molecule has 3 saturated heterocycles. The van der Waals surface area contributed by atoms with Gasteiger partial charge in [-0.05, 0) is 38.7 Å².